The molecule has 0 aromatic heterocycles. The van der Waals surface area contributed by atoms with Crippen molar-refractivity contribution in [3.63, 3.8) is 0 Å². The molecule has 1 aromatic rings. The molecular weight excluding hydrogens is 284 g/mol. The number of nitrogens with one attached hydrogen (secondary N) is 2. The van der Waals surface area contributed by atoms with Crippen molar-refractivity contribution < 1.29 is 19.1 Å². The van der Waals surface area contributed by atoms with Crippen LogP contribution in [0, 0.1) is 0 Å². The number of rotatable bonds is 7. The van der Waals surface area contributed by atoms with Gasteiger partial charge in [-0.2, -0.15) is 0 Å². The Morgan fingerprint density at radius 3 is 2.15 bits per heavy atom. The van der Waals surface area contributed by atoms with Crippen molar-refractivity contribution in [3.05, 3.63) is 23.8 Å². The van der Waals surface area contributed by atoms with Crippen LogP contribution in [0.5, 0.6) is 11.5 Å². The molecule has 1 aromatic carbocycles. The van der Waals surface area contributed by atoms with Crippen molar-refractivity contribution in [2.75, 3.05) is 33.2 Å². The smallest absolute Gasteiger partial charge is 0.258 e. The molecule has 1 rings (SSSR count). The highest BCUT2D eigenvalue weighted by Crippen LogP contribution is 2.27. The molecule has 6 nitrogen and oxygen atoms in total. The van der Waals surface area contributed by atoms with Crippen molar-refractivity contribution >= 4 is 23.4 Å². The number of carbonyl (C=O) groups is 2. The minimum atomic E-state index is -0.334. The van der Waals surface area contributed by atoms with Gasteiger partial charge in [0.15, 0.2) is 0 Å². The average molecular weight is 301 g/mol. The first-order valence-corrected chi connectivity index (χ1v) is 6.49. The monoisotopic (exact) mass is 300 g/mol. The fraction of sp³-hybridized carbons (Fsp3) is 0.385. The molecule has 7 heteroatoms. The fourth-order valence-corrected chi connectivity index (χ4v) is 1.68. The summed E-state index contributed by atoms with van der Waals surface area (Å²) in [6.07, 6.45) is 0. The number of methoxy groups -OCH3 is 2. The molecule has 110 valence electrons. The summed E-state index contributed by atoms with van der Waals surface area (Å²) in [5.41, 5.74) is 0.321. The van der Waals surface area contributed by atoms with Crippen LogP contribution >= 0.6 is 11.6 Å². The molecule has 0 saturated heterocycles. The molecule has 20 heavy (non-hydrogen) atoms. The number of hydrogen-bond donors (Lipinski definition) is 2. The van der Waals surface area contributed by atoms with Gasteiger partial charge in [-0.3, -0.25) is 9.59 Å². The Labute approximate surface area is 122 Å². The molecule has 2 amide bonds. The quantitative estimate of drug-likeness (QED) is 0.576. The van der Waals surface area contributed by atoms with Crippen LogP contribution in [-0.4, -0.2) is 45.0 Å². The summed E-state index contributed by atoms with van der Waals surface area (Å²) < 4.78 is 10.3. The molecule has 0 radical (unpaired) electrons. The van der Waals surface area contributed by atoms with Crippen molar-refractivity contribution in [2.45, 2.75) is 0 Å². The first-order valence-electron chi connectivity index (χ1n) is 5.95. The third kappa shape index (κ3) is 4.31. The van der Waals surface area contributed by atoms with Crippen LogP contribution in [0.2, 0.25) is 0 Å². The average Bonchev–Trinajstić information content (AvgIpc) is 2.49. The van der Waals surface area contributed by atoms with Crippen LogP contribution in [0.3, 0.4) is 0 Å². The van der Waals surface area contributed by atoms with E-state index in [-0.39, 0.29) is 24.2 Å². The van der Waals surface area contributed by atoms with Crippen molar-refractivity contribution in [3.8, 4) is 11.5 Å². The predicted molar refractivity (Wildman–Crippen MR) is 75.6 cm³/mol. The minimum absolute atomic E-state index is 0.103. The Hall–Kier alpha value is -1.95. The third-order valence-electron chi connectivity index (χ3n) is 2.51. The second-order valence-corrected chi connectivity index (χ2v) is 4.04. The van der Waals surface area contributed by atoms with Crippen molar-refractivity contribution in [1.82, 2.24) is 10.6 Å². The lowest BCUT2D eigenvalue weighted by atomic mass is 10.1. The molecular formula is C13H17ClN2O4. The zero-order chi connectivity index (χ0) is 15.0. The second-order valence-electron chi connectivity index (χ2n) is 3.78. The van der Waals surface area contributed by atoms with Gasteiger partial charge in [0, 0.05) is 13.1 Å². The molecule has 0 unspecified atom stereocenters. The van der Waals surface area contributed by atoms with Gasteiger partial charge in [0.25, 0.3) is 5.91 Å². The van der Waals surface area contributed by atoms with Gasteiger partial charge in [0.05, 0.1) is 14.2 Å². The largest absolute Gasteiger partial charge is 0.496 e. The van der Waals surface area contributed by atoms with Crippen LogP contribution in [-0.2, 0) is 4.79 Å². The van der Waals surface area contributed by atoms with Gasteiger partial charge >= 0.3 is 0 Å². The van der Waals surface area contributed by atoms with E-state index in [0.717, 1.165) is 0 Å². The SMILES string of the molecule is COc1cccc(OC)c1C(=O)NCCNC(=O)CCl. The molecule has 0 atom stereocenters. The van der Waals surface area contributed by atoms with Crippen LogP contribution < -0.4 is 20.1 Å². The molecule has 0 bridgehead atoms. The molecule has 0 spiro atoms. The Morgan fingerprint density at radius 2 is 1.65 bits per heavy atom. The maximum Gasteiger partial charge on any atom is 0.258 e. The van der Waals surface area contributed by atoms with Gasteiger partial charge in [-0.25, -0.2) is 0 Å². The molecule has 2 N–H and O–H groups in total. The number of halogens is 1. The lowest BCUT2D eigenvalue weighted by Crippen LogP contribution is -2.35. The van der Waals surface area contributed by atoms with E-state index in [4.69, 9.17) is 21.1 Å². The first kappa shape index (κ1) is 16.1. The number of ether oxygens (including phenoxy) is 2. The third-order valence-corrected chi connectivity index (χ3v) is 2.75. The lowest BCUT2D eigenvalue weighted by Gasteiger charge is -2.13. The normalized spacial score (nSPS) is 9.75. The molecule has 0 aliphatic carbocycles. The van der Waals surface area contributed by atoms with E-state index in [1.54, 1.807) is 18.2 Å². The first-order chi connectivity index (χ1) is 9.63. The number of amides is 2. The summed E-state index contributed by atoms with van der Waals surface area (Å²) >= 11 is 5.34. The molecule has 0 aliphatic heterocycles. The zero-order valence-corrected chi connectivity index (χ0v) is 12.1. The van der Waals surface area contributed by atoms with Crippen molar-refractivity contribution in [1.29, 1.82) is 0 Å². The number of carbonyl (C=O) groups excluding carboxylic acids is 2. The van der Waals surface area contributed by atoms with E-state index in [1.165, 1.54) is 14.2 Å². The van der Waals surface area contributed by atoms with E-state index in [1.807, 2.05) is 0 Å². The maximum absolute atomic E-state index is 12.1. The van der Waals surface area contributed by atoms with E-state index < -0.39 is 0 Å². The van der Waals surface area contributed by atoms with Gasteiger partial charge < -0.3 is 20.1 Å². The van der Waals surface area contributed by atoms with Gasteiger partial charge in [-0.05, 0) is 12.1 Å². The van der Waals surface area contributed by atoms with Crippen LogP contribution in [0.1, 0.15) is 10.4 Å². The van der Waals surface area contributed by atoms with Crippen molar-refractivity contribution in [2.24, 2.45) is 0 Å². The highest BCUT2D eigenvalue weighted by Gasteiger charge is 2.17. The van der Waals surface area contributed by atoms with E-state index in [2.05, 4.69) is 10.6 Å². The van der Waals surface area contributed by atoms with E-state index in [9.17, 15) is 9.59 Å². The van der Waals surface area contributed by atoms with Crippen LogP contribution in [0.15, 0.2) is 18.2 Å². The summed E-state index contributed by atoms with van der Waals surface area (Å²) in [6.45, 7) is 0.581. The Bertz CT molecular complexity index is 457. The fourth-order valence-electron chi connectivity index (χ4n) is 1.59. The number of alkyl halides is 1. The topological polar surface area (TPSA) is 76.7 Å². The van der Waals surface area contributed by atoms with Gasteiger partial charge in [0.1, 0.15) is 22.9 Å². The molecule has 0 aliphatic rings. The van der Waals surface area contributed by atoms with E-state index >= 15 is 0 Å². The van der Waals surface area contributed by atoms with Crippen LogP contribution in [0.4, 0.5) is 0 Å². The van der Waals surface area contributed by atoms with Gasteiger partial charge in [-0.1, -0.05) is 6.07 Å². The summed E-state index contributed by atoms with van der Waals surface area (Å²) in [6, 6.07) is 5.08. The van der Waals surface area contributed by atoms with E-state index in [0.29, 0.717) is 23.6 Å². The standard InChI is InChI=1S/C13H17ClN2O4/c1-19-9-4-3-5-10(20-2)12(9)13(18)16-7-6-15-11(17)8-14/h3-5H,6-8H2,1-2H3,(H,15,17)(H,16,18). The number of hydrogen-bond acceptors (Lipinski definition) is 4. The second kappa shape index (κ2) is 8.27. The Morgan fingerprint density at radius 1 is 1.10 bits per heavy atom. The molecule has 0 saturated carbocycles. The highest BCUT2D eigenvalue weighted by molar-refractivity contribution is 6.27. The van der Waals surface area contributed by atoms with Gasteiger partial charge in [0.2, 0.25) is 5.91 Å². The zero-order valence-electron chi connectivity index (χ0n) is 11.4. The predicted octanol–water partition coefficient (Wildman–Crippen LogP) is 0.789. The minimum Gasteiger partial charge on any atom is -0.496 e. The van der Waals surface area contributed by atoms with Crippen LogP contribution in [0.25, 0.3) is 0 Å². The lowest BCUT2D eigenvalue weighted by molar-refractivity contribution is -0.118. The summed E-state index contributed by atoms with van der Waals surface area (Å²) in [5.74, 6) is 0.127. The molecule has 0 heterocycles. The Balaban J connectivity index is 2.65. The molecule has 0 fully saturated rings. The number of benzene rings is 1. The summed E-state index contributed by atoms with van der Waals surface area (Å²) in [5, 5.41) is 5.22. The highest BCUT2D eigenvalue weighted by atomic mass is 35.5. The summed E-state index contributed by atoms with van der Waals surface area (Å²) in [7, 11) is 2.96. The Kier molecular flexibility index (Phi) is 6.66. The summed E-state index contributed by atoms with van der Waals surface area (Å²) in [4.78, 5) is 23.0. The van der Waals surface area contributed by atoms with Gasteiger partial charge in [-0.15, -0.1) is 11.6 Å². The maximum atomic E-state index is 12.1.